The zero-order valence-corrected chi connectivity index (χ0v) is 17.0. The molecule has 0 unspecified atom stereocenters. The Kier molecular flexibility index (Phi) is 6.68. The van der Waals surface area contributed by atoms with Crippen molar-refractivity contribution in [3.63, 3.8) is 0 Å². The number of ether oxygens (including phenoxy) is 3. The van der Waals surface area contributed by atoms with Crippen molar-refractivity contribution in [3.8, 4) is 0 Å². The molecule has 25 heavy (non-hydrogen) atoms. The maximum Gasteiger partial charge on any atom is 0.413 e. The minimum atomic E-state index is -0.796. The molecule has 1 fully saturated rings. The van der Waals surface area contributed by atoms with Crippen molar-refractivity contribution in [1.29, 1.82) is 0 Å². The van der Waals surface area contributed by atoms with E-state index in [-0.39, 0.29) is 30.0 Å². The first-order valence-corrected chi connectivity index (χ1v) is 8.76. The van der Waals surface area contributed by atoms with Crippen molar-refractivity contribution < 1.29 is 23.8 Å². The summed E-state index contributed by atoms with van der Waals surface area (Å²) in [4.78, 5) is 26.3. The van der Waals surface area contributed by atoms with Crippen LogP contribution in [0.1, 0.15) is 55.4 Å². The van der Waals surface area contributed by atoms with Gasteiger partial charge in [-0.2, -0.15) is 0 Å². The van der Waals surface area contributed by atoms with Crippen molar-refractivity contribution in [1.82, 2.24) is 4.90 Å². The number of carbonyl (C=O) groups is 2. The van der Waals surface area contributed by atoms with E-state index >= 15 is 0 Å². The van der Waals surface area contributed by atoms with E-state index in [4.69, 9.17) is 14.2 Å². The predicted octanol–water partition coefficient (Wildman–Crippen LogP) is 3.75. The molecule has 0 radical (unpaired) electrons. The second-order valence-electron chi connectivity index (χ2n) is 8.29. The van der Waals surface area contributed by atoms with Crippen LogP contribution in [0.3, 0.4) is 0 Å². The summed E-state index contributed by atoms with van der Waals surface area (Å²) in [7, 11) is 1.38. The molecule has 1 aliphatic rings. The predicted molar refractivity (Wildman–Crippen MR) is 96.0 cm³/mol. The molecule has 1 aliphatic heterocycles. The summed E-state index contributed by atoms with van der Waals surface area (Å²) in [5.41, 5.74) is -1.39. The summed E-state index contributed by atoms with van der Waals surface area (Å²) in [6, 6.07) is -0.323. The molecule has 0 saturated carbocycles. The lowest BCUT2D eigenvalue weighted by Gasteiger charge is -2.34. The number of hydrogen-bond acceptors (Lipinski definition) is 5. The monoisotopic (exact) mass is 355 g/mol. The fourth-order valence-electron chi connectivity index (χ4n) is 2.99. The first-order valence-electron chi connectivity index (χ1n) is 8.76. The van der Waals surface area contributed by atoms with Crippen LogP contribution in [0, 0.1) is 11.8 Å². The number of nitrogens with zero attached hydrogens (tertiary/aromatic N) is 1. The van der Waals surface area contributed by atoms with Crippen LogP contribution >= 0.6 is 0 Å². The van der Waals surface area contributed by atoms with Gasteiger partial charge in [0.05, 0.1) is 25.2 Å². The Morgan fingerprint density at radius 3 is 2.24 bits per heavy atom. The van der Waals surface area contributed by atoms with Crippen molar-refractivity contribution in [2.45, 2.75) is 78.9 Å². The largest absolute Gasteiger partial charge is 0.469 e. The van der Waals surface area contributed by atoms with Gasteiger partial charge in [0.2, 0.25) is 0 Å². The molecule has 3 atom stereocenters. The molecule has 0 aliphatic carbocycles. The van der Waals surface area contributed by atoms with Crippen molar-refractivity contribution >= 4 is 12.1 Å². The van der Waals surface area contributed by atoms with E-state index in [1.54, 1.807) is 11.0 Å². The third kappa shape index (κ3) is 5.46. The number of amides is 1. The van der Waals surface area contributed by atoms with E-state index < -0.39 is 17.4 Å². The van der Waals surface area contributed by atoms with E-state index in [0.717, 1.165) is 0 Å². The van der Waals surface area contributed by atoms with Gasteiger partial charge in [-0.3, -0.25) is 9.69 Å². The molecule has 0 aromatic heterocycles. The molecule has 1 amide bonds. The fraction of sp³-hybridized carbons (Fsp3) is 0.789. The normalized spacial score (nSPS) is 24.6. The molecule has 0 spiro atoms. The Labute approximate surface area is 151 Å². The zero-order chi connectivity index (χ0) is 19.6. The fourth-order valence-corrected chi connectivity index (χ4v) is 2.99. The molecule has 0 aromatic carbocycles. The number of carbonyl (C=O) groups excluding carboxylic acids is 2. The molecule has 6 nitrogen and oxygen atoms in total. The highest BCUT2D eigenvalue weighted by Gasteiger charge is 2.48. The molecule has 1 heterocycles. The minimum absolute atomic E-state index is 0.0873. The molecular weight excluding hydrogens is 322 g/mol. The summed E-state index contributed by atoms with van der Waals surface area (Å²) in [6.45, 7) is 15.0. The Bertz CT molecular complexity index is 518. The lowest BCUT2D eigenvalue weighted by Crippen LogP contribution is -2.49. The van der Waals surface area contributed by atoms with Crippen molar-refractivity contribution in [2.24, 2.45) is 11.8 Å². The SMILES string of the molecule is COC(=O)[C@H](/C=C/[C@@H]1[C@@H](C)OC(C)(C)N1C(=O)OC(C)(C)C)C(C)C. The van der Waals surface area contributed by atoms with Crippen LogP contribution in [-0.4, -0.2) is 47.5 Å². The van der Waals surface area contributed by atoms with Crippen LogP contribution in [0.2, 0.25) is 0 Å². The first kappa shape index (κ1) is 21.5. The zero-order valence-electron chi connectivity index (χ0n) is 17.0. The van der Waals surface area contributed by atoms with Crippen LogP contribution in [0.25, 0.3) is 0 Å². The van der Waals surface area contributed by atoms with Gasteiger partial charge in [-0.25, -0.2) is 4.79 Å². The van der Waals surface area contributed by atoms with Gasteiger partial charge in [0, 0.05) is 0 Å². The van der Waals surface area contributed by atoms with Crippen LogP contribution in [0.5, 0.6) is 0 Å². The highest BCUT2D eigenvalue weighted by atomic mass is 16.6. The molecular formula is C19H33NO5. The first-order chi connectivity index (χ1) is 11.3. The average molecular weight is 355 g/mol. The van der Waals surface area contributed by atoms with E-state index in [1.165, 1.54) is 7.11 Å². The number of rotatable bonds is 4. The number of esters is 1. The van der Waals surface area contributed by atoms with Gasteiger partial charge >= 0.3 is 12.1 Å². The quantitative estimate of drug-likeness (QED) is 0.568. The minimum Gasteiger partial charge on any atom is -0.469 e. The van der Waals surface area contributed by atoms with E-state index in [1.807, 2.05) is 61.5 Å². The number of methoxy groups -OCH3 is 1. The second kappa shape index (κ2) is 7.77. The lowest BCUT2D eigenvalue weighted by atomic mass is 9.94. The van der Waals surface area contributed by atoms with Crippen molar-refractivity contribution in [3.05, 3.63) is 12.2 Å². The van der Waals surface area contributed by atoms with Gasteiger partial charge in [-0.1, -0.05) is 26.0 Å². The van der Waals surface area contributed by atoms with Gasteiger partial charge in [0.15, 0.2) is 0 Å². The van der Waals surface area contributed by atoms with Crippen molar-refractivity contribution in [2.75, 3.05) is 7.11 Å². The highest BCUT2D eigenvalue weighted by Crippen LogP contribution is 2.34. The number of hydrogen-bond donors (Lipinski definition) is 0. The third-order valence-corrected chi connectivity index (χ3v) is 4.13. The Morgan fingerprint density at radius 1 is 1.24 bits per heavy atom. The van der Waals surface area contributed by atoms with Crippen LogP contribution < -0.4 is 0 Å². The maximum absolute atomic E-state index is 12.7. The maximum atomic E-state index is 12.7. The standard InChI is InChI=1S/C19H33NO5/c1-12(2)14(16(21)23-9)10-11-15-13(3)24-19(7,8)20(15)17(22)25-18(4,5)6/h10-15H,1-9H3/b11-10+/t13-,14-,15-/m1/s1. The molecule has 144 valence electrons. The Morgan fingerprint density at radius 2 is 1.80 bits per heavy atom. The average Bonchev–Trinajstić information content (AvgIpc) is 2.65. The molecule has 6 heteroatoms. The summed E-state index contributed by atoms with van der Waals surface area (Å²) in [5, 5.41) is 0. The second-order valence-corrected chi connectivity index (χ2v) is 8.29. The van der Waals surface area contributed by atoms with Crippen LogP contribution in [0.4, 0.5) is 4.79 Å². The lowest BCUT2D eigenvalue weighted by molar-refractivity contribution is -0.145. The molecule has 0 N–H and O–H groups in total. The van der Waals surface area contributed by atoms with E-state index in [9.17, 15) is 9.59 Å². The summed E-state index contributed by atoms with van der Waals surface area (Å²) >= 11 is 0. The molecule has 0 aromatic rings. The Hall–Kier alpha value is -1.56. The smallest absolute Gasteiger partial charge is 0.413 e. The van der Waals surface area contributed by atoms with Gasteiger partial charge in [0.25, 0.3) is 0 Å². The van der Waals surface area contributed by atoms with E-state index in [0.29, 0.717) is 0 Å². The van der Waals surface area contributed by atoms with Gasteiger partial charge in [-0.05, 0) is 47.5 Å². The summed E-state index contributed by atoms with van der Waals surface area (Å²) < 4.78 is 16.4. The van der Waals surface area contributed by atoms with Crippen LogP contribution in [0.15, 0.2) is 12.2 Å². The van der Waals surface area contributed by atoms with Gasteiger partial charge in [-0.15, -0.1) is 0 Å². The molecule has 0 bridgehead atoms. The topological polar surface area (TPSA) is 65.1 Å². The summed E-state index contributed by atoms with van der Waals surface area (Å²) in [6.07, 6.45) is 3.00. The van der Waals surface area contributed by atoms with Gasteiger partial charge in [0.1, 0.15) is 11.3 Å². The Balaban J connectivity index is 3.10. The third-order valence-electron chi connectivity index (χ3n) is 4.13. The summed E-state index contributed by atoms with van der Waals surface area (Å²) in [5.74, 6) is -0.577. The molecule has 1 saturated heterocycles. The van der Waals surface area contributed by atoms with Crippen LogP contribution in [-0.2, 0) is 19.0 Å². The highest BCUT2D eigenvalue weighted by molar-refractivity contribution is 5.74. The molecule has 1 rings (SSSR count). The van der Waals surface area contributed by atoms with Gasteiger partial charge < -0.3 is 14.2 Å². The van der Waals surface area contributed by atoms with E-state index in [2.05, 4.69) is 0 Å².